The molecule has 0 N–H and O–H groups in total. The van der Waals surface area contributed by atoms with E-state index in [1.807, 2.05) is 0 Å². The first-order valence-electron chi connectivity index (χ1n) is 4.97. The molecule has 0 bridgehead atoms. The molecule has 7 heteroatoms. The van der Waals surface area contributed by atoms with Crippen LogP contribution >= 0.6 is 11.6 Å². The minimum Gasteiger partial charge on any atom is -0.466 e. The third kappa shape index (κ3) is 3.35. The molecule has 0 spiro atoms. The summed E-state index contributed by atoms with van der Waals surface area (Å²) >= 11 is 5.47. The largest absolute Gasteiger partial charge is 0.466 e. The molecule has 18 heavy (non-hydrogen) atoms. The fourth-order valence-electron chi connectivity index (χ4n) is 1.31. The Kier molecular flexibility index (Phi) is 4.56. The lowest BCUT2D eigenvalue weighted by atomic mass is 10.1. The molecule has 0 fully saturated rings. The van der Waals surface area contributed by atoms with Gasteiger partial charge in [0, 0.05) is 0 Å². The molecule has 100 valence electrons. The second-order valence-corrected chi connectivity index (χ2v) is 3.76. The molecule has 1 aromatic carbocycles. The number of carbonyl (C=O) groups excluding carboxylic acids is 1. The van der Waals surface area contributed by atoms with Crippen LogP contribution in [0.15, 0.2) is 12.1 Å². The first kappa shape index (κ1) is 14.8. The Morgan fingerprint density at radius 1 is 1.39 bits per heavy atom. The number of ether oxygens (including phenoxy) is 1. The van der Waals surface area contributed by atoms with Crippen molar-refractivity contribution in [2.75, 3.05) is 6.61 Å². The van der Waals surface area contributed by atoms with E-state index in [9.17, 15) is 22.4 Å². The van der Waals surface area contributed by atoms with Gasteiger partial charge in [-0.2, -0.15) is 13.2 Å². The molecule has 0 aromatic heterocycles. The van der Waals surface area contributed by atoms with Crippen molar-refractivity contribution in [1.29, 1.82) is 0 Å². The van der Waals surface area contributed by atoms with Crippen LogP contribution in [0.2, 0.25) is 5.02 Å². The minimum atomic E-state index is -4.82. The van der Waals surface area contributed by atoms with Crippen LogP contribution in [0.3, 0.4) is 0 Å². The van der Waals surface area contributed by atoms with E-state index in [2.05, 4.69) is 4.74 Å². The fraction of sp³-hybridized carbons (Fsp3) is 0.364. The summed E-state index contributed by atoms with van der Waals surface area (Å²) in [5.41, 5.74) is -1.50. The van der Waals surface area contributed by atoms with Gasteiger partial charge in [-0.15, -0.1) is 0 Å². The fourth-order valence-corrected chi connectivity index (χ4v) is 1.54. The van der Waals surface area contributed by atoms with Crippen LogP contribution in [-0.4, -0.2) is 12.6 Å². The molecule has 0 atom stereocenters. The Bertz CT molecular complexity index is 457. The van der Waals surface area contributed by atoms with Crippen molar-refractivity contribution in [3.05, 3.63) is 34.1 Å². The quantitative estimate of drug-likeness (QED) is 0.626. The molecular formula is C11H9ClF4O2. The lowest BCUT2D eigenvalue weighted by Gasteiger charge is -2.11. The van der Waals surface area contributed by atoms with Crippen molar-refractivity contribution in [3.63, 3.8) is 0 Å². The molecule has 0 amide bonds. The van der Waals surface area contributed by atoms with E-state index in [-0.39, 0.29) is 18.6 Å². The highest BCUT2D eigenvalue weighted by Gasteiger charge is 2.35. The maximum Gasteiger partial charge on any atom is 0.419 e. The van der Waals surface area contributed by atoms with E-state index in [0.717, 1.165) is 6.07 Å². The first-order valence-corrected chi connectivity index (χ1v) is 5.34. The molecular weight excluding hydrogens is 276 g/mol. The smallest absolute Gasteiger partial charge is 0.419 e. The Morgan fingerprint density at radius 3 is 2.50 bits per heavy atom. The van der Waals surface area contributed by atoms with Crippen molar-refractivity contribution in [2.24, 2.45) is 0 Å². The first-order chi connectivity index (χ1) is 8.27. The number of alkyl halides is 3. The molecule has 0 aliphatic carbocycles. The number of esters is 1. The highest BCUT2D eigenvalue weighted by molar-refractivity contribution is 6.31. The zero-order valence-electron chi connectivity index (χ0n) is 9.28. The summed E-state index contributed by atoms with van der Waals surface area (Å²) in [5, 5.41) is -0.710. The highest BCUT2D eigenvalue weighted by atomic mass is 35.5. The van der Waals surface area contributed by atoms with Crippen LogP contribution in [0, 0.1) is 5.82 Å². The summed E-state index contributed by atoms with van der Waals surface area (Å²) < 4.78 is 55.0. The summed E-state index contributed by atoms with van der Waals surface area (Å²) in [6, 6.07) is 1.51. The van der Waals surface area contributed by atoms with Crippen LogP contribution in [0.5, 0.6) is 0 Å². The maximum atomic E-state index is 13.4. The molecule has 0 heterocycles. The van der Waals surface area contributed by atoms with Gasteiger partial charge in [-0.05, 0) is 18.6 Å². The molecule has 0 saturated carbocycles. The van der Waals surface area contributed by atoms with Gasteiger partial charge in [0.15, 0.2) is 5.82 Å². The zero-order chi connectivity index (χ0) is 13.9. The van der Waals surface area contributed by atoms with Crippen LogP contribution in [0.4, 0.5) is 17.6 Å². The number of hydrogen-bond donors (Lipinski definition) is 0. The monoisotopic (exact) mass is 284 g/mol. The molecule has 0 radical (unpaired) electrons. The standard InChI is InChI=1S/C11H9ClF4O2/c1-2-18-8(17)5-6-3-4-7(11(14,15)16)10(13)9(6)12/h3-4H,2,5H2,1H3. The van der Waals surface area contributed by atoms with E-state index in [1.165, 1.54) is 0 Å². The summed E-state index contributed by atoms with van der Waals surface area (Å²) in [5.74, 6) is -2.26. The summed E-state index contributed by atoms with van der Waals surface area (Å²) in [6.45, 7) is 1.70. The van der Waals surface area contributed by atoms with Gasteiger partial charge >= 0.3 is 12.1 Å². The van der Waals surface area contributed by atoms with Crippen molar-refractivity contribution in [1.82, 2.24) is 0 Å². The Balaban J connectivity index is 3.05. The molecule has 1 aromatic rings. The van der Waals surface area contributed by atoms with Gasteiger partial charge in [-0.3, -0.25) is 4.79 Å². The Labute approximate surface area is 105 Å². The maximum absolute atomic E-state index is 13.4. The second kappa shape index (κ2) is 5.56. The number of benzene rings is 1. The van der Waals surface area contributed by atoms with Gasteiger partial charge in [-0.1, -0.05) is 17.7 Å². The van der Waals surface area contributed by atoms with E-state index in [0.29, 0.717) is 6.07 Å². The van der Waals surface area contributed by atoms with E-state index < -0.39 is 28.5 Å². The minimum absolute atomic E-state index is 0.0411. The number of rotatable bonds is 3. The number of hydrogen-bond acceptors (Lipinski definition) is 2. The third-order valence-electron chi connectivity index (χ3n) is 2.11. The van der Waals surface area contributed by atoms with Crippen LogP contribution < -0.4 is 0 Å². The highest BCUT2D eigenvalue weighted by Crippen LogP contribution is 2.35. The van der Waals surface area contributed by atoms with Crippen molar-refractivity contribution >= 4 is 17.6 Å². The summed E-state index contributed by atoms with van der Waals surface area (Å²) in [7, 11) is 0. The van der Waals surface area contributed by atoms with E-state index >= 15 is 0 Å². The van der Waals surface area contributed by atoms with E-state index in [1.54, 1.807) is 6.92 Å². The lowest BCUT2D eigenvalue weighted by Crippen LogP contribution is -2.12. The van der Waals surface area contributed by atoms with Gasteiger partial charge < -0.3 is 4.74 Å². The topological polar surface area (TPSA) is 26.3 Å². The second-order valence-electron chi connectivity index (χ2n) is 3.38. The molecule has 0 unspecified atom stereocenters. The summed E-state index contributed by atoms with van der Waals surface area (Å²) in [4.78, 5) is 11.1. The van der Waals surface area contributed by atoms with Crippen LogP contribution in [0.1, 0.15) is 18.1 Å². The molecule has 0 aliphatic rings. The van der Waals surface area contributed by atoms with E-state index in [4.69, 9.17) is 11.6 Å². The van der Waals surface area contributed by atoms with Gasteiger partial charge in [0.25, 0.3) is 0 Å². The van der Waals surface area contributed by atoms with Crippen molar-refractivity contribution in [2.45, 2.75) is 19.5 Å². The van der Waals surface area contributed by atoms with Gasteiger partial charge in [0.2, 0.25) is 0 Å². The Morgan fingerprint density at radius 2 is 2.00 bits per heavy atom. The SMILES string of the molecule is CCOC(=O)Cc1ccc(C(F)(F)F)c(F)c1Cl. The predicted octanol–water partition coefficient (Wildman–Crippen LogP) is 3.60. The molecule has 1 rings (SSSR count). The normalized spacial score (nSPS) is 11.4. The average Bonchev–Trinajstić information content (AvgIpc) is 2.23. The zero-order valence-corrected chi connectivity index (χ0v) is 10.0. The third-order valence-corrected chi connectivity index (χ3v) is 2.52. The Hall–Kier alpha value is -1.30. The van der Waals surface area contributed by atoms with Crippen molar-refractivity contribution < 1.29 is 27.1 Å². The van der Waals surface area contributed by atoms with Crippen LogP contribution in [-0.2, 0) is 22.1 Å². The predicted molar refractivity (Wildman–Crippen MR) is 56.7 cm³/mol. The number of carbonyl (C=O) groups is 1. The van der Waals surface area contributed by atoms with Crippen molar-refractivity contribution in [3.8, 4) is 0 Å². The molecule has 0 saturated heterocycles. The molecule has 0 aliphatic heterocycles. The average molecular weight is 285 g/mol. The summed E-state index contributed by atoms with van der Waals surface area (Å²) in [6.07, 6.45) is -5.20. The molecule has 2 nitrogen and oxygen atoms in total. The van der Waals surface area contributed by atoms with Crippen LogP contribution in [0.25, 0.3) is 0 Å². The van der Waals surface area contributed by atoms with Gasteiger partial charge in [-0.25, -0.2) is 4.39 Å². The van der Waals surface area contributed by atoms with Gasteiger partial charge in [0.05, 0.1) is 23.6 Å². The number of halogens is 5. The van der Waals surface area contributed by atoms with Gasteiger partial charge in [0.1, 0.15) is 0 Å². The lowest BCUT2D eigenvalue weighted by molar-refractivity contribution is -0.142.